The van der Waals surface area contributed by atoms with Crippen LogP contribution in [0, 0.1) is 5.92 Å². The highest BCUT2D eigenvalue weighted by atomic mass is 79.9. The van der Waals surface area contributed by atoms with Crippen molar-refractivity contribution < 1.29 is 23.9 Å². The van der Waals surface area contributed by atoms with Crippen molar-refractivity contribution in [2.24, 2.45) is 10.9 Å². The van der Waals surface area contributed by atoms with Gasteiger partial charge in [-0.1, -0.05) is 19.6 Å². The van der Waals surface area contributed by atoms with Gasteiger partial charge in [0.05, 0.1) is 19.1 Å². The predicted octanol–water partition coefficient (Wildman–Crippen LogP) is 4.47. The maximum Gasteiger partial charge on any atom is 0.414 e. The average Bonchev–Trinajstić information content (AvgIpc) is 3.28. The largest absolute Gasteiger partial charge is 0.450 e. The highest BCUT2D eigenvalue weighted by molar-refractivity contribution is 9.10. The molecule has 34 heavy (non-hydrogen) atoms. The van der Waals surface area contributed by atoms with Crippen molar-refractivity contribution in [3.05, 3.63) is 20.8 Å². The molecule has 2 aliphatic heterocycles. The Labute approximate surface area is 214 Å². The highest BCUT2D eigenvalue weighted by Crippen LogP contribution is 2.47. The summed E-state index contributed by atoms with van der Waals surface area (Å²) >= 11 is 4.93. The Hall–Kier alpha value is -1.92. The summed E-state index contributed by atoms with van der Waals surface area (Å²) < 4.78 is 11.8. The van der Waals surface area contributed by atoms with Gasteiger partial charge in [-0.25, -0.2) is 14.6 Å². The lowest BCUT2D eigenvalue weighted by molar-refractivity contribution is -0.132. The minimum atomic E-state index is -1.36. The minimum absolute atomic E-state index is 0.0916. The van der Waals surface area contributed by atoms with Gasteiger partial charge in [0.1, 0.15) is 11.1 Å². The Bertz CT molecular complexity index is 1000. The molecule has 0 spiro atoms. The first-order valence-corrected chi connectivity index (χ1v) is 16.5. The number of thiophene rings is 1. The number of carbonyl (C=O) groups is 3. The molecule has 1 saturated heterocycles. The van der Waals surface area contributed by atoms with Crippen molar-refractivity contribution >= 4 is 59.4 Å². The van der Waals surface area contributed by atoms with Crippen molar-refractivity contribution in [2.75, 3.05) is 26.7 Å². The summed E-state index contributed by atoms with van der Waals surface area (Å²) in [4.78, 5) is 47.4. The number of guanidine groups is 1. The SMILES string of the molecule is CN1C(=O)[C@@H]2CN(C(=O)OCC[Si](C)(C)C)C[C@]2(c2cc(Br)cs2)N=C1NC(=O)OC(C)(C)C. The molecule has 0 unspecified atom stereocenters. The fraction of sp³-hybridized carbons (Fsp3) is 0.636. The van der Waals surface area contributed by atoms with Crippen LogP contribution in [0.1, 0.15) is 25.6 Å². The number of halogens is 1. The molecule has 188 valence electrons. The number of fused-ring (bicyclic) bond motifs is 1. The molecule has 0 radical (unpaired) electrons. The molecule has 3 heterocycles. The molecule has 2 atom stereocenters. The van der Waals surface area contributed by atoms with E-state index in [1.165, 1.54) is 16.2 Å². The van der Waals surface area contributed by atoms with E-state index in [1.807, 2.05) is 11.4 Å². The minimum Gasteiger partial charge on any atom is -0.450 e. The van der Waals surface area contributed by atoms with Crippen LogP contribution in [0.4, 0.5) is 9.59 Å². The number of amides is 3. The monoisotopic (exact) mass is 572 g/mol. The molecule has 1 N–H and O–H groups in total. The van der Waals surface area contributed by atoms with E-state index < -0.39 is 37.3 Å². The van der Waals surface area contributed by atoms with Crippen molar-refractivity contribution in [3.8, 4) is 0 Å². The molecule has 12 heteroatoms. The zero-order chi connectivity index (χ0) is 25.5. The smallest absolute Gasteiger partial charge is 0.414 e. The molecule has 1 fully saturated rings. The number of hydrogen-bond acceptors (Lipinski definition) is 7. The zero-order valence-electron chi connectivity index (χ0n) is 20.7. The fourth-order valence-corrected chi connectivity index (χ4v) is 6.20. The normalized spacial score (nSPS) is 22.9. The van der Waals surface area contributed by atoms with E-state index in [1.54, 1.807) is 32.7 Å². The third kappa shape index (κ3) is 6.00. The molecule has 0 saturated carbocycles. The van der Waals surface area contributed by atoms with Crippen LogP contribution >= 0.6 is 27.3 Å². The van der Waals surface area contributed by atoms with Gasteiger partial charge >= 0.3 is 12.2 Å². The first kappa shape index (κ1) is 26.7. The molecule has 3 rings (SSSR count). The van der Waals surface area contributed by atoms with E-state index in [0.717, 1.165) is 15.4 Å². The molecular formula is C22H33BrN4O5SSi. The Balaban J connectivity index is 1.91. The molecule has 1 aromatic rings. The molecule has 0 aromatic carbocycles. The van der Waals surface area contributed by atoms with Crippen LogP contribution in [-0.4, -0.2) is 74.3 Å². The molecule has 0 aliphatic carbocycles. The lowest BCUT2D eigenvalue weighted by Crippen LogP contribution is -2.56. The lowest BCUT2D eigenvalue weighted by atomic mass is 9.84. The van der Waals surface area contributed by atoms with Gasteiger partial charge in [0.25, 0.3) is 0 Å². The molecule has 9 nitrogen and oxygen atoms in total. The van der Waals surface area contributed by atoms with Gasteiger partial charge in [-0.2, -0.15) is 0 Å². The maximum atomic E-state index is 13.5. The number of carbonyl (C=O) groups excluding carboxylic acids is 3. The van der Waals surface area contributed by atoms with E-state index in [4.69, 9.17) is 14.5 Å². The van der Waals surface area contributed by atoms with Gasteiger partial charge in [-0.3, -0.25) is 15.0 Å². The standard InChI is InChI=1S/C22H33BrN4O5SSi/c1-21(2,3)32-19(29)24-18-25-22(16-10-14(23)12-33-16)13-27(11-15(22)17(28)26(18)4)20(30)31-8-9-34(5,6)7/h10,12,15H,8-9,11,13H2,1-7H3,(H,24,25,29)/t15-,22-/m0/s1. The highest BCUT2D eigenvalue weighted by Gasteiger charge is 2.58. The second-order valence-corrected chi connectivity index (χ2v) is 18.3. The second kappa shape index (κ2) is 9.61. The summed E-state index contributed by atoms with van der Waals surface area (Å²) in [6.07, 6.45) is -1.15. The van der Waals surface area contributed by atoms with E-state index in [9.17, 15) is 14.4 Å². The Morgan fingerprint density at radius 1 is 1.35 bits per heavy atom. The van der Waals surface area contributed by atoms with Crippen LogP contribution in [0.25, 0.3) is 0 Å². The number of aliphatic imine (C=N–C) groups is 1. The molecule has 1 aromatic heterocycles. The summed E-state index contributed by atoms with van der Waals surface area (Å²) in [5.41, 5.74) is -1.73. The summed E-state index contributed by atoms with van der Waals surface area (Å²) in [6.45, 7) is 12.7. The first-order chi connectivity index (χ1) is 15.6. The second-order valence-electron chi connectivity index (χ2n) is 10.9. The topological polar surface area (TPSA) is 101 Å². The molecular weight excluding hydrogens is 540 g/mol. The molecule has 3 amide bonds. The van der Waals surface area contributed by atoms with E-state index in [2.05, 4.69) is 40.9 Å². The van der Waals surface area contributed by atoms with Crippen molar-refractivity contribution in [1.82, 2.24) is 15.1 Å². The van der Waals surface area contributed by atoms with Gasteiger partial charge in [-0.15, -0.1) is 11.3 Å². The quantitative estimate of drug-likeness (QED) is 0.536. The van der Waals surface area contributed by atoms with Crippen LogP contribution in [0.3, 0.4) is 0 Å². The number of hydrogen-bond donors (Lipinski definition) is 1. The third-order valence-electron chi connectivity index (χ3n) is 5.61. The first-order valence-electron chi connectivity index (χ1n) is 11.1. The summed E-state index contributed by atoms with van der Waals surface area (Å²) in [7, 11) is 0.202. The van der Waals surface area contributed by atoms with Gasteiger partial charge in [-0.05, 0) is 48.8 Å². The van der Waals surface area contributed by atoms with Crippen molar-refractivity contribution in [2.45, 2.75) is 57.6 Å². The number of ether oxygens (including phenoxy) is 2. The van der Waals surface area contributed by atoms with E-state index in [-0.39, 0.29) is 25.0 Å². The van der Waals surface area contributed by atoms with Crippen LogP contribution in [0.5, 0.6) is 0 Å². The number of likely N-dealkylation sites (tertiary alicyclic amines) is 1. The maximum absolute atomic E-state index is 13.5. The van der Waals surface area contributed by atoms with Crippen molar-refractivity contribution in [3.63, 3.8) is 0 Å². The molecule has 2 aliphatic rings. The number of nitrogens with one attached hydrogen (secondary N) is 1. The number of alkyl carbamates (subject to hydrolysis) is 1. The van der Waals surface area contributed by atoms with Crippen molar-refractivity contribution in [1.29, 1.82) is 0 Å². The van der Waals surface area contributed by atoms with Gasteiger partial charge < -0.3 is 14.4 Å². The Kier molecular flexibility index (Phi) is 7.54. The predicted molar refractivity (Wildman–Crippen MR) is 138 cm³/mol. The Morgan fingerprint density at radius 3 is 2.59 bits per heavy atom. The third-order valence-corrected chi connectivity index (χ3v) is 9.17. The van der Waals surface area contributed by atoms with E-state index in [0.29, 0.717) is 6.61 Å². The van der Waals surface area contributed by atoms with Gasteiger partial charge in [0.2, 0.25) is 11.9 Å². The zero-order valence-corrected chi connectivity index (χ0v) is 24.1. The van der Waals surface area contributed by atoms with Gasteiger partial charge in [0.15, 0.2) is 0 Å². The number of nitrogens with zero attached hydrogens (tertiary/aromatic N) is 3. The van der Waals surface area contributed by atoms with Crippen LogP contribution in [0.2, 0.25) is 25.7 Å². The van der Waals surface area contributed by atoms with Crippen LogP contribution in [0.15, 0.2) is 20.9 Å². The number of rotatable bonds is 4. The molecule has 0 bridgehead atoms. The lowest BCUT2D eigenvalue weighted by Gasteiger charge is -2.37. The summed E-state index contributed by atoms with van der Waals surface area (Å²) in [5, 5.41) is 4.53. The average molecular weight is 574 g/mol. The Morgan fingerprint density at radius 2 is 2.03 bits per heavy atom. The van der Waals surface area contributed by atoms with Crippen LogP contribution < -0.4 is 5.32 Å². The summed E-state index contributed by atoms with van der Waals surface area (Å²) in [6, 6.07) is 2.77. The fourth-order valence-electron chi connectivity index (χ4n) is 3.86. The van der Waals surface area contributed by atoms with Crippen LogP contribution in [-0.2, 0) is 19.8 Å². The van der Waals surface area contributed by atoms with Gasteiger partial charge in [0, 0.05) is 36.4 Å². The summed E-state index contributed by atoms with van der Waals surface area (Å²) in [5.74, 6) is -0.742. The van der Waals surface area contributed by atoms with E-state index >= 15 is 0 Å².